The van der Waals surface area contributed by atoms with Gasteiger partial charge in [0.05, 0.1) is 0 Å². The minimum atomic E-state index is 0. The van der Waals surface area contributed by atoms with E-state index in [2.05, 4.69) is 6.58 Å². The molecule has 0 spiro atoms. The zero-order chi connectivity index (χ0) is 4.83. The molecule has 0 N–H and O–H groups in total. The van der Waals surface area contributed by atoms with Gasteiger partial charge in [0, 0.05) is 6.61 Å². The predicted octanol–water partition coefficient (Wildman–Crippen LogP) is -1.59. The smallest absolute Gasteiger partial charge is 0.145 e. The Labute approximate surface area is 52.3 Å². The maximum Gasteiger partial charge on any atom is 0.145 e. The van der Waals surface area contributed by atoms with Gasteiger partial charge in [-0.2, -0.15) is 0 Å². The third-order valence-electron chi connectivity index (χ3n) is 0.526. The van der Waals surface area contributed by atoms with Crippen LogP contribution in [0.15, 0.2) is 12.7 Å². The molecule has 0 aliphatic carbocycles. The van der Waals surface area contributed by atoms with Crippen molar-refractivity contribution in [2.75, 3.05) is 6.61 Å². The van der Waals surface area contributed by atoms with Crippen molar-refractivity contribution in [3.8, 4) is 0 Å². The van der Waals surface area contributed by atoms with Crippen LogP contribution in [-0.4, -0.2) is 28.1 Å². The molecular weight excluding hydrogens is 120 g/mol. The van der Waals surface area contributed by atoms with Crippen LogP contribution in [0.3, 0.4) is 0 Å². The van der Waals surface area contributed by atoms with Crippen molar-refractivity contribution < 1.29 is 4.43 Å². The third kappa shape index (κ3) is 10.7. The van der Waals surface area contributed by atoms with E-state index in [0.717, 1.165) is 23.5 Å². The van der Waals surface area contributed by atoms with Crippen LogP contribution in [0.4, 0.5) is 0 Å². The predicted molar refractivity (Wildman–Crippen MR) is 42.0 cm³/mol. The van der Waals surface area contributed by atoms with Gasteiger partial charge in [0.25, 0.3) is 0 Å². The highest BCUT2D eigenvalue weighted by Crippen LogP contribution is 1.75. The van der Waals surface area contributed by atoms with E-state index in [-0.39, 0.29) is 11.0 Å². The minimum absolute atomic E-state index is 0. The first kappa shape index (κ1) is 10.2. The summed E-state index contributed by atoms with van der Waals surface area (Å²) in [6, 6.07) is 0. The molecule has 1 nitrogen and oxygen atoms in total. The third-order valence-corrected chi connectivity index (χ3v) is 0.934. The van der Waals surface area contributed by atoms with Crippen LogP contribution in [0.25, 0.3) is 0 Å². The van der Waals surface area contributed by atoms with Crippen LogP contribution in [0.2, 0.25) is 0 Å². The van der Waals surface area contributed by atoms with Crippen molar-refractivity contribution >= 4 is 21.5 Å². The molecule has 7 heavy (non-hydrogen) atoms. The van der Waals surface area contributed by atoms with E-state index in [1.165, 1.54) is 0 Å². The highest BCUT2D eigenvalue weighted by atomic mass is 28.2. The molecule has 0 aromatic heterocycles. The molecule has 0 unspecified atom stereocenters. The lowest BCUT2D eigenvalue weighted by Gasteiger charge is -1.87. The molecule has 0 fully saturated rings. The second-order valence-electron chi connectivity index (χ2n) is 1.07. The van der Waals surface area contributed by atoms with Gasteiger partial charge in [0.15, 0.2) is 0 Å². The first-order valence-electron chi connectivity index (χ1n) is 2.01. The zero-order valence-corrected chi connectivity index (χ0v) is 6.11. The van der Waals surface area contributed by atoms with E-state index < -0.39 is 0 Å². The van der Waals surface area contributed by atoms with Gasteiger partial charge >= 0.3 is 0 Å². The zero-order valence-electron chi connectivity index (χ0n) is 4.11. The Hall–Kier alpha value is 0.134. The van der Waals surface area contributed by atoms with E-state index in [1.807, 2.05) is 6.08 Å². The van der Waals surface area contributed by atoms with Gasteiger partial charge in [-0.15, -0.1) is 6.58 Å². The minimum Gasteiger partial charge on any atom is -0.428 e. The van der Waals surface area contributed by atoms with E-state index in [9.17, 15) is 0 Å². The molecule has 0 aromatic carbocycles. The molecule has 0 aliphatic rings. The summed E-state index contributed by atoms with van der Waals surface area (Å²) in [6.45, 7) is 4.39. The van der Waals surface area contributed by atoms with Crippen molar-refractivity contribution in [2.45, 2.75) is 6.42 Å². The Morgan fingerprint density at radius 3 is 2.43 bits per heavy atom. The van der Waals surface area contributed by atoms with Gasteiger partial charge in [0.1, 0.15) is 10.5 Å². The highest BCUT2D eigenvalue weighted by Gasteiger charge is 1.69. The van der Waals surface area contributed by atoms with Crippen molar-refractivity contribution in [2.24, 2.45) is 0 Å². The maximum absolute atomic E-state index is 4.85. The molecule has 0 saturated heterocycles. The van der Waals surface area contributed by atoms with Gasteiger partial charge in [0.2, 0.25) is 0 Å². The van der Waals surface area contributed by atoms with Crippen molar-refractivity contribution in [3.05, 3.63) is 12.7 Å². The average Bonchev–Trinajstić information content (AvgIpc) is 1.61. The molecule has 0 aliphatic heterocycles. The summed E-state index contributed by atoms with van der Waals surface area (Å²) in [5.41, 5.74) is 0. The fourth-order valence-electron chi connectivity index (χ4n) is 0.201. The van der Waals surface area contributed by atoms with Crippen LogP contribution in [0.5, 0.6) is 0 Å². The second kappa shape index (κ2) is 9.46. The molecule has 3 heteroatoms. The Bertz CT molecular complexity index is 38.7. The molecule has 0 aromatic rings. The highest BCUT2D eigenvalue weighted by molar-refractivity contribution is 5.97. The normalized spacial score (nSPS) is 7.43. The van der Waals surface area contributed by atoms with Crippen LogP contribution in [-0.2, 0) is 4.43 Å². The standard InChI is InChI=1S/C4H10OSi.H4Si/c1-2-3-4-5-6;/h2H,1,3-4H2,6H3;1H4. The molecule has 0 saturated carbocycles. The lowest BCUT2D eigenvalue weighted by Crippen LogP contribution is -1.84. The molecule has 0 amide bonds. The Kier molecular flexibility index (Phi) is 13.8. The topological polar surface area (TPSA) is 9.23 Å². The van der Waals surface area contributed by atoms with Gasteiger partial charge in [-0.25, -0.2) is 0 Å². The Balaban J connectivity index is 0. The van der Waals surface area contributed by atoms with E-state index >= 15 is 0 Å². The monoisotopic (exact) mass is 134 g/mol. The van der Waals surface area contributed by atoms with E-state index in [0.29, 0.717) is 0 Å². The fraction of sp³-hybridized carbons (Fsp3) is 0.500. The van der Waals surface area contributed by atoms with Gasteiger partial charge in [-0.1, -0.05) is 6.08 Å². The summed E-state index contributed by atoms with van der Waals surface area (Å²) in [6.07, 6.45) is 2.85. The Morgan fingerprint density at radius 1 is 1.71 bits per heavy atom. The summed E-state index contributed by atoms with van der Waals surface area (Å²) in [5, 5.41) is 0. The summed E-state index contributed by atoms with van der Waals surface area (Å²) in [7, 11) is 0.855. The van der Waals surface area contributed by atoms with Crippen LogP contribution in [0.1, 0.15) is 6.42 Å². The number of hydrogen-bond acceptors (Lipinski definition) is 1. The van der Waals surface area contributed by atoms with E-state index in [1.54, 1.807) is 0 Å². The molecule has 0 bridgehead atoms. The molecular formula is C4H14OSi2. The molecule has 0 rings (SSSR count). The second-order valence-corrected chi connectivity index (χ2v) is 1.65. The van der Waals surface area contributed by atoms with Crippen LogP contribution >= 0.6 is 0 Å². The van der Waals surface area contributed by atoms with E-state index in [4.69, 9.17) is 4.43 Å². The lowest BCUT2D eigenvalue weighted by molar-refractivity contribution is 0.358. The van der Waals surface area contributed by atoms with Crippen LogP contribution < -0.4 is 0 Å². The quantitative estimate of drug-likeness (QED) is 0.257. The van der Waals surface area contributed by atoms with Gasteiger partial charge in [-0.05, 0) is 17.4 Å². The van der Waals surface area contributed by atoms with Gasteiger partial charge in [-0.3, -0.25) is 0 Å². The van der Waals surface area contributed by atoms with Crippen molar-refractivity contribution in [1.29, 1.82) is 0 Å². The first-order chi connectivity index (χ1) is 2.91. The molecule has 0 heterocycles. The van der Waals surface area contributed by atoms with Crippen LogP contribution in [0, 0.1) is 0 Å². The summed E-state index contributed by atoms with van der Waals surface area (Å²) in [5.74, 6) is 0. The first-order valence-corrected chi connectivity index (χ1v) is 2.83. The molecule has 0 radical (unpaired) electrons. The SMILES string of the molecule is C=CCCO[SiH3].[SiH4]. The van der Waals surface area contributed by atoms with Crippen molar-refractivity contribution in [1.82, 2.24) is 0 Å². The van der Waals surface area contributed by atoms with Gasteiger partial charge < -0.3 is 4.43 Å². The molecule has 0 atom stereocenters. The van der Waals surface area contributed by atoms with Crippen molar-refractivity contribution in [3.63, 3.8) is 0 Å². The Morgan fingerprint density at radius 2 is 2.29 bits per heavy atom. The lowest BCUT2D eigenvalue weighted by atomic mass is 10.5. The molecule has 44 valence electrons. The largest absolute Gasteiger partial charge is 0.428 e. The average molecular weight is 134 g/mol. The summed E-state index contributed by atoms with van der Waals surface area (Å²) >= 11 is 0. The maximum atomic E-state index is 4.85. The number of hydrogen-bond donors (Lipinski definition) is 0. The summed E-state index contributed by atoms with van der Waals surface area (Å²) < 4.78 is 4.85. The summed E-state index contributed by atoms with van der Waals surface area (Å²) in [4.78, 5) is 0. The number of rotatable bonds is 3. The fourth-order valence-corrected chi connectivity index (χ4v) is 0.437.